The van der Waals surface area contributed by atoms with E-state index in [1.165, 1.54) is 0 Å². The number of nitrogens with two attached hydrogens (primary N) is 1. The van der Waals surface area contributed by atoms with Crippen LogP contribution in [-0.2, 0) is 0 Å². The van der Waals surface area contributed by atoms with Gasteiger partial charge in [-0.2, -0.15) is 0 Å². The molecule has 0 aliphatic heterocycles. The topological polar surface area (TPSA) is 43.3 Å². The minimum atomic E-state index is 0.608. The van der Waals surface area contributed by atoms with E-state index in [0.717, 1.165) is 26.9 Å². The van der Waals surface area contributed by atoms with Crippen molar-refractivity contribution in [1.82, 2.24) is 9.38 Å². The molecule has 0 bridgehead atoms. The van der Waals surface area contributed by atoms with Gasteiger partial charge in [0.05, 0.1) is 4.47 Å². The fourth-order valence-electron chi connectivity index (χ4n) is 2.01. The molecule has 0 aliphatic carbocycles. The first-order chi connectivity index (χ1) is 9.08. The maximum atomic E-state index is 6.16. The first kappa shape index (κ1) is 12.5. The second-order valence-corrected chi connectivity index (χ2v) is 5.62. The lowest BCUT2D eigenvalue weighted by Crippen LogP contribution is -1.94. The molecule has 0 radical (unpaired) electrons. The van der Waals surface area contributed by atoms with Crippen LogP contribution in [0.3, 0.4) is 0 Å². The molecule has 19 heavy (non-hydrogen) atoms. The molecule has 3 rings (SSSR count). The summed E-state index contributed by atoms with van der Waals surface area (Å²) in [6.07, 6.45) is 1.89. The maximum absolute atomic E-state index is 6.16. The summed E-state index contributed by atoms with van der Waals surface area (Å²) in [7, 11) is 0. The molecule has 3 nitrogen and oxygen atoms in total. The fraction of sp³-hybridized carbons (Fsp3) is 0.0714. The number of pyridine rings is 1. The Morgan fingerprint density at radius 1 is 1.32 bits per heavy atom. The minimum absolute atomic E-state index is 0.608. The normalized spacial score (nSPS) is 11.1. The van der Waals surface area contributed by atoms with Crippen LogP contribution in [0.1, 0.15) is 5.56 Å². The summed E-state index contributed by atoms with van der Waals surface area (Å²) in [6.45, 7) is 1.97. The molecule has 0 amide bonds. The van der Waals surface area contributed by atoms with Crippen LogP contribution < -0.4 is 5.73 Å². The Hall–Kier alpha value is -1.52. The van der Waals surface area contributed by atoms with Gasteiger partial charge in [-0.15, -0.1) is 0 Å². The number of rotatable bonds is 1. The van der Waals surface area contributed by atoms with E-state index in [-0.39, 0.29) is 0 Å². The van der Waals surface area contributed by atoms with Crippen LogP contribution in [0, 0.1) is 6.92 Å². The first-order valence-electron chi connectivity index (χ1n) is 5.76. The van der Waals surface area contributed by atoms with Gasteiger partial charge in [-0.1, -0.05) is 23.7 Å². The monoisotopic (exact) mass is 335 g/mol. The average Bonchev–Trinajstić information content (AvgIpc) is 2.72. The summed E-state index contributed by atoms with van der Waals surface area (Å²) >= 11 is 9.64. The van der Waals surface area contributed by atoms with Crippen LogP contribution in [0.4, 0.5) is 5.82 Å². The second kappa shape index (κ2) is 4.54. The van der Waals surface area contributed by atoms with Crippen molar-refractivity contribution in [3.05, 3.63) is 51.6 Å². The van der Waals surface area contributed by atoms with E-state index in [1.54, 1.807) is 0 Å². The molecular weight excluding hydrogens is 326 g/mol. The zero-order valence-electron chi connectivity index (χ0n) is 10.2. The summed E-state index contributed by atoms with van der Waals surface area (Å²) in [5.74, 6) is 0.608. The minimum Gasteiger partial charge on any atom is -0.383 e. The molecule has 0 aliphatic rings. The van der Waals surface area contributed by atoms with Crippen molar-refractivity contribution in [3.8, 4) is 11.3 Å². The number of imidazole rings is 1. The number of hydrogen-bond donors (Lipinski definition) is 1. The van der Waals surface area contributed by atoms with Gasteiger partial charge in [0.15, 0.2) is 5.65 Å². The summed E-state index contributed by atoms with van der Waals surface area (Å²) in [6, 6.07) is 9.70. The SMILES string of the molecule is Cc1ccc(-c2nc3c(Br)cccn3c2N)cc1Cl. The van der Waals surface area contributed by atoms with Crippen molar-refractivity contribution in [1.29, 1.82) is 0 Å². The van der Waals surface area contributed by atoms with Gasteiger partial charge in [0.2, 0.25) is 0 Å². The quantitative estimate of drug-likeness (QED) is 0.719. The molecule has 0 spiro atoms. The van der Waals surface area contributed by atoms with Crippen molar-refractivity contribution >= 4 is 39.0 Å². The van der Waals surface area contributed by atoms with Gasteiger partial charge in [0.25, 0.3) is 0 Å². The third-order valence-electron chi connectivity index (χ3n) is 3.08. The highest BCUT2D eigenvalue weighted by molar-refractivity contribution is 9.10. The Morgan fingerprint density at radius 2 is 2.11 bits per heavy atom. The Morgan fingerprint density at radius 3 is 2.79 bits per heavy atom. The Labute approximate surface area is 124 Å². The fourth-order valence-corrected chi connectivity index (χ4v) is 2.62. The number of aryl methyl sites for hydroxylation is 1. The molecular formula is C14H11BrClN3. The molecule has 0 atom stereocenters. The second-order valence-electron chi connectivity index (χ2n) is 4.36. The lowest BCUT2D eigenvalue weighted by Gasteiger charge is -2.02. The van der Waals surface area contributed by atoms with Gasteiger partial charge < -0.3 is 5.73 Å². The highest BCUT2D eigenvalue weighted by atomic mass is 79.9. The Kier molecular flexibility index (Phi) is 2.99. The van der Waals surface area contributed by atoms with Crippen LogP contribution in [0.2, 0.25) is 5.02 Å². The Bertz CT molecular complexity index is 780. The molecule has 2 heterocycles. The number of benzene rings is 1. The van der Waals surface area contributed by atoms with Gasteiger partial charge in [0, 0.05) is 16.8 Å². The van der Waals surface area contributed by atoms with Gasteiger partial charge in [-0.3, -0.25) is 4.40 Å². The lowest BCUT2D eigenvalue weighted by molar-refractivity contribution is 1.19. The van der Waals surface area contributed by atoms with E-state index in [9.17, 15) is 0 Å². The molecule has 0 unspecified atom stereocenters. The number of hydrogen-bond acceptors (Lipinski definition) is 2. The Balaban J connectivity index is 2.28. The molecule has 1 aromatic carbocycles. The predicted molar refractivity (Wildman–Crippen MR) is 82.5 cm³/mol. The average molecular weight is 337 g/mol. The van der Waals surface area contributed by atoms with Crippen LogP contribution in [0.25, 0.3) is 16.9 Å². The van der Waals surface area contributed by atoms with Crippen molar-refractivity contribution in [2.24, 2.45) is 0 Å². The van der Waals surface area contributed by atoms with Gasteiger partial charge in [-0.25, -0.2) is 4.98 Å². The van der Waals surface area contributed by atoms with E-state index in [0.29, 0.717) is 10.8 Å². The van der Waals surface area contributed by atoms with Crippen molar-refractivity contribution in [3.63, 3.8) is 0 Å². The molecule has 0 saturated carbocycles. The standard InChI is InChI=1S/C14H11BrClN3/c1-8-4-5-9(7-11(8)16)12-13(17)19-6-2-3-10(15)14(19)18-12/h2-7H,17H2,1H3. The largest absolute Gasteiger partial charge is 0.383 e. The zero-order chi connectivity index (χ0) is 13.6. The van der Waals surface area contributed by atoms with Gasteiger partial charge in [-0.05, 0) is 46.6 Å². The number of nitrogen functional groups attached to an aromatic ring is 1. The van der Waals surface area contributed by atoms with Gasteiger partial charge in [0.1, 0.15) is 11.5 Å². The number of nitrogens with zero attached hydrogens (tertiary/aromatic N) is 2. The summed E-state index contributed by atoms with van der Waals surface area (Å²) < 4.78 is 2.76. The van der Waals surface area contributed by atoms with E-state index in [1.807, 2.05) is 47.9 Å². The predicted octanol–water partition coefficient (Wildman–Crippen LogP) is 4.31. The number of halogens is 2. The lowest BCUT2D eigenvalue weighted by atomic mass is 10.1. The van der Waals surface area contributed by atoms with E-state index in [4.69, 9.17) is 17.3 Å². The third-order valence-corrected chi connectivity index (χ3v) is 4.11. The summed E-state index contributed by atoms with van der Waals surface area (Å²) in [5, 5.41) is 0.716. The van der Waals surface area contributed by atoms with Crippen LogP contribution >= 0.6 is 27.5 Å². The van der Waals surface area contributed by atoms with Crippen molar-refractivity contribution in [2.75, 3.05) is 5.73 Å². The summed E-state index contributed by atoms with van der Waals surface area (Å²) in [5.41, 5.74) is 9.66. The van der Waals surface area contributed by atoms with Crippen molar-refractivity contribution in [2.45, 2.75) is 6.92 Å². The van der Waals surface area contributed by atoms with Crippen molar-refractivity contribution < 1.29 is 0 Å². The number of anilines is 1. The smallest absolute Gasteiger partial charge is 0.153 e. The highest BCUT2D eigenvalue weighted by Crippen LogP contribution is 2.31. The van der Waals surface area contributed by atoms with Crippen LogP contribution in [-0.4, -0.2) is 9.38 Å². The molecule has 5 heteroatoms. The molecule has 96 valence electrons. The van der Waals surface area contributed by atoms with Crippen LogP contribution in [0.5, 0.6) is 0 Å². The molecule has 0 fully saturated rings. The summed E-state index contributed by atoms with van der Waals surface area (Å²) in [4.78, 5) is 4.59. The number of fused-ring (bicyclic) bond motifs is 1. The zero-order valence-corrected chi connectivity index (χ0v) is 12.5. The maximum Gasteiger partial charge on any atom is 0.153 e. The van der Waals surface area contributed by atoms with E-state index >= 15 is 0 Å². The van der Waals surface area contributed by atoms with E-state index < -0.39 is 0 Å². The number of aromatic nitrogens is 2. The molecule has 0 saturated heterocycles. The van der Waals surface area contributed by atoms with Gasteiger partial charge >= 0.3 is 0 Å². The first-order valence-corrected chi connectivity index (χ1v) is 6.93. The molecule has 2 aromatic heterocycles. The molecule has 3 aromatic rings. The molecule has 2 N–H and O–H groups in total. The highest BCUT2D eigenvalue weighted by Gasteiger charge is 2.13. The third kappa shape index (κ3) is 2.01. The van der Waals surface area contributed by atoms with Crippen LogP contribution in [0.15, 0.2) is 41.0 Å². The van der Waals surface area contributed by atoms with E-state index in [2.05, 4.69) is 20.9 Å².